The molecule has 0 radical (unpaired) electrons. The van der Waals surface area contributed by atoms with Gasteiger partial charge >= 0.3 is 14.7 Å². The number of para-hydroxylation sites is 1. The average Bonchev–Trinajstić information content (AvgIpc) is 2.48. The predicted molar refractivity (Wildman–Crippen MR) is 84.2 cm³/mol. The Labute approximate surface area is 133 Å². The monoisotopic (exact) mass is 338 g/mol. The molecule has 2 rings (SSSR count). The molecule has 2 aromatic rings. The van der Waals surface area contributed by atoms with Gasteiger partial charge < -0.3 is 26.4 Å². The van der Waals surface area contributed by atoms with E-state index in [1.54, 1.807) is 4.90 Å². The van der Waals surface area contributed by atoms with Crippen LogP contribution in [0, 0.1) is 0 Å². The third kappa shape index (κ3) is 6.20. The summed E-state index contributed by atoms with van der Waals surface area (Å²) < 4.78 is 8.46. The molecule has 0 bridgehead atoms. The van der Waals surface area contributed by atoms with Gasteiger partial charge in [0.1, 0.15) is 0 Å². The Bertz CT molecular complexity index is 637. The van der Waals surface area contributed by atoms with Crippen LogP contribution in [0.1, 0.15) is 6.42 Å². The van der Waals surface area contributed by atoms with Crippen molar-refractivity contribution in [2.75, 3.05) is 22.9 Å². The number of aliphatic carboxylic acids is 1. The summed E-state index contributed by atoms with van der Waals surface area (Å²) in [5.41, 5.74) is 11.8. The quantitative estimate of drug-likeness (QED) is 0.573. The molecule has 0 aliphatic heterocycles. The van der Waals surface area contributed by atoms with Crippen LogP contribution in [-0.4, -0.2) is 37.5 Å². The zero-order valence-electron chi connectivity index (χ0n) is 11.9. The molecule has 1 heterocycles. The summed E-state index contributed by atoms with van der Waals surface area (Å²) in [6.45, 7) is 0.197. The molecule has 23 heavy (non-hydrogen) atoms. The van der Waals surface area contributed by atoms with Crippen molar-refractivity contribution in [1.29, 1.82) is 0 Å². The number of benzene rings is 1. The largest absolute Gasteiger partial charge is 0.481 e. The van der Waals surface area contributed by atoms with E-state index < -0.39 is 14.7 Å². The van der Waals surface area contributed by atoms with E-state index >= 15 is 0 Å². The molecule has 0 saturated carbocycles. The highest BCUT2D eigenvalue weighted by molar-refractivity contribution is 7.16. The summed E-state index contributed by atoms with van der Waals surface area (Å²) in [5, 5.41) is 8.84. The highest BCUT2D eigenvalue weighted by atomic mass is 31.1. The second-order valence-electron chi connectivity index (χ2n) is 4.06. The maximum Gasteiger partial charge on any atom is 0.324 e. The van der Waals surface area contributed by atoms with Crippen molar-refractivity contribution in [2.45, 2.75) is 6.42 Å². The minimum atomic E-state index is -0.916. The van der Waals surface area contributed by atoms with Gasteiger partial charge in [-0.2, -0.15) is 15.0 Å². The number of carboxylic acid groups (broad SMARTS) is 1. The van der Waals surface area contributed by atoms with Gasteiger partial charge in [0.05, 0.1) is 6.42 Å². The third-order valence-corrected chi connectivity index (χ3v) is 2.52. The normalized spacial score (nSPS) is 9.78. The van der Waals surface area contributed by atoms with E-state index in [0.717, 1.165) is 5.69 Å². The van der Waals surface area contributed by atoms with Gasteiger partial charge in [-0.15, -0.1) is 0 Å². The van der Waals surface area contributed by atoms with E-state index in [2.05, 4.69) is 15.0 Å². The van der Waals surface area contributed by atoms with Crippen molar-refractivity contribution >= 4 is 38.2 Å². The van der Waals surface area contributed by atoms with Crippen molar-refractivity contribution in [3.63, 3.8) is 0 Å². The molecule has 122 valence electrons. The summed E-state index contributed by atoms with van der Waals surface area (Å²) in [7, 11) is -0.833. The van der Waals surface area contributed by atoms with Gasteiger partial charge in [-0.25, -0.2) is 4.57 Å². The molecule has 0 aliphatic rings. The van der Waals surface area contributed by atoms with Gasteiger partial charge in [-0.05, 0) is 12.1 Å². The standard InChI is InChI=1S/C12H14N6O2.HO2P/c13-10-15-11(14)17-12(16-10)18(7-6-9(19)20)8-4-2-1-3-5-8;1-3-2/h1-5H,6-7H2,(H,19,20)(H4,13,14,15,16,17);(H,1,2). The Kier molecular flexibility index (Phi) is 7.31. The number of hydrogen-bond acceptors (Lipinski definition) is 8. The summed E-state index contributed by atoms with van der Waals surface area (Å²) in [4.78, 5) is 31.1. The lowest BCUT2D eigenvalue weighted by Gasteiger charge is -2.22. The van der Waals surface area contributed by atoms with Gasteiger partial charge in [-0.3, -0.25) is 4.79 Å². The molecular weight excluding hydrogens is 323 g/mol. The highest BCUT2D eigenvalue weighted by Gasteiger charge is 2.15. The van der Waals surface area contributed by atoms with Crippen LogP contribution in [0.25, 0.3) is 0 Å². The molecule has 0 aliphatic carbocycles. The molecule has 0 fully saturated rings. The number of nitrogens with two attached hydrogens (primary N) is 2. The smallest absolute Gasteiger partial charge is 0.324 e. The number of carbonyl (C=O) groups is 1. The number of nitrogen functional groups attached to an aromatic ring is 2. The van der Waals surface area contributed by atoms with E-state index in [9.17, 15) is 4.79 Å². The summed E-state index contributed by atoms with van der Waals surface area (Å²) in [5.74, 6) is -0.712. The molecule has 0 spiro atoms. The van der Waals surface area contributed by atoms with Gasteiger partial charge in [0.25, 0.3) is 0 Å². The van der Waals surface area contributed by atoms with Crippen LogP contribution >= 0.6 is 8.69 Å². The van der Waals surface area contributed by atoms with E-state index in [1.165, 1.54) is 0 Å². The molecule has 11 heteroatoms. The van der Waals surface area contributed by atoms with Crippen LogP contribution < -0.4 is 16.4 Å². The Balaban J connectivity index is 0.000000816. The fourth-order valence-electron chi connectivity index (χ4n) is 1.68. The average molecular weight is 338 g/mol. The number of carboxylic acids is 1. The van der Waals surface area contributed by atoms with E-state index in [4.69, 9.17) is 26.0 Å². The van der Waals surface area contributed by atoms with Gasteiger partial charge in [-0.1, -0.05) is 18.2 Å². The van der Waals surface area contributed by atoms with Gasteiger partial charge in [0.2, 0.25) is 17.8 Å². The molecule has 1 aromatic heterocycles. The van der Waals surface area contributed by atoms with Crippen molar-refractivity contribution in [3.05, 3.63) is 30.3 Å². The zero-order chi connectivity index (χ0) is 17.2. The number of hydrogen-bond donors (Lipinski definition) is 4. The summed E-state index contributed by atoms with van der Waals surface area (Å²) in [6.07, 6.45) is -0.0691. The minimum absolute atomic E-state index is 0.0104. The van der Waals surface area contributed by atoms with Crippen molar-refractivity contribution in [1.82, 2.24) is 15.0 Å². The van der Waals surface area contributed by atoms with Crippen LogP contribution in [0.5, 0.6) is 0 Å². The second-order valence-corrected chi connectivity index (χ2v) is 4.23. The molecule has 0 atom stereocenters. The lowest BCUT2D eigenvalue weighted by atomic mass is 10.3. The van der Waals surface area contributed by atoms with Crippen LogP contribution in [-0.2, 0) is 9.36 Å². The van der Waals surface area contributed by atoms with Crippen LogP contribution in [0.2, 0.25) is 0 Å². The Morgan fingerprint density at radius 2 is 1.65 bits per heavy atom. The fourth-order valence-corrected chi connectivity index (χ4v) is 1.68. The summed E-state index contributed by atoms with van der Waals surface area (Å²) in [6, 6.07) is 9.15. The lowest BCUT2D eigenvalue weighted by Crippen LogP contribution is -2.24. The molecule has 10 nitrogen and oxygen atoms in total. The molecule has 6 N–H and O–H groups in total. The van der Waals surface area contributed by atoms with Crippen molar-refractivity contribution in [3.8, 4) is 0 Å². The first-order chi connectivity index (χ1) is 11.0. The molecule has 1 aromatic carbocycles. The van der Waals surface area contributed by atoms with Gasteiger partial charge in [0.15, 0.2) is 0 Å². The number of nitrogens with zero attached hydrogens (tertiary/aromatic N) is 4. The maximum atomic E-state index is 10.8. The first-order valence-corrected chi connectivity index (χ1v) is 7.02. The molecular formula is C12H15N6O4P. The number of anilines is 4. The Morgan fingerprint density at radius 1 is 1.13 bits per heavy atom. The van der Waals surface area contributed by atoms with E-state index in [0.29, 0.717) is 0 Å². The predicted octanol–water partition coefficient (Wildman–Crippen LogP) is 0.834. The summed E-state index contributed by atoms with van der Waals surface area (Å²) >= 11 is 0. The van der Waals surface area contributed by atoms with Crippen molar-refractivity contribution < 1.29 is 19.4 Å². The molecule has 0 saturated heterocycles. The molecule has 0 unspecified atom stereocenters. The van der Waals surface area contributed by atoms with Crippen LogP contribution in [0.3, 0.4) is 0 Å². The zero-order valence-corrected chi connectivity index (χ0v) is 12.8. The Morgan fingerprint density at radius 3 is 2.13 bits per heavy atom. The Hall–Kier alpha value is -2.84. The maximum absolute atomic E-state index is 10.8. The number of rotatable bonds is 5. The third-order valence-electron chi connectivity index (χ3n) is 2.52. The topological polar surface area (TPSA) is 169 Å². The van der Waals surface area contributed by atoms with Gasteiger partial charge in [0, 0.05) is 12.2 Å². The minimum Gasteiger partial charge on any atom is -0.481 e. The van der Waals surface area contributed by atoms with Crippen LogP contribution in [0.15, 0.2) is 30.3 Å². The van der Waals surface area contributed by atoms with E-state index in [-0.39, 0.29) is 30.8 Å². The molecule has 0 amide bonds. The first kappa shape index (κ1) is 18.2. The fraction of sp³-hybridized carbons (Fsp3) is 0.167. The van der Waals surface area contributed by atoms with Crippen LogP contribution in [0.4, 0.5) is 23.5 Å². The van der Waals surface area contributed by atoms with Crippen molar-refractivity contribution in [2.24, 2.45) is 0 Å². The second kappa shape index (κ2) is 9.23. The van der Waals surface area contributed by atoms with E-state index in [1.807, 2.05) is 30.3 Å². The SMILES string of the molecule is Nc1nc(N)nc(N(CCC(=O)O)c2ccccc2)n1.O=PO. The first-order valence-electron chi connectivity index (χ1n) is 6.26. The lowest BCUT2D eigenvalue weighted by molar-refractivity contribution is -0.136. The highest BCUT2D eigenvalue weighted by Crippen LogP contribution is 2.22. The number of aromatic nitrogens is 3.